The molecule has 3 rings (SSSR count). The Morgan fingerprint density at radius 2 is 1.74 bits per heavy atom. The van der Waals surface area contributed by atoms with Gasteiger partial charge in [-0.05, 0) is 59.1 Å². The second-order valence-corrected chi connectivity index (χ2v) is 9.89. The Balaban J connectivity index is 1.95. The minimum Gasteiger partial charge on any atom is -0.493 e. The maximum atomic E-state index is 13.5. The molecule has 2 N–H and O–H groups in total. The summed E-state index contributed by atoms with van der Waals surface area (Å²) in [6, 6.07) is 10.2. The summed E-state index contributed by atoms with van der Waals surface area (Å²) in [5, 5.41) is 12.5. The Bertz CT molecular complexity index is 1180. The van der Waals surface area contributed by atoms with Gasteiger partial charge >= 0.3 is 12.0 Å². The summed E-state index contributed by atoms with van der Waals surface area (Å²) >= 11 is 6.80. The van der Waals surface area contributed by atoms with E-state index in [2.05, 4.69) is 5.32 Å². The molecule has 39 heavy (non-hydrogen) atoms. The van der Waals surface area contributed by atoms with Gasteiger partial charge in [0.05, 0.1) is 37.0 Å². The van der Waals surface area contributed by atoms with Crippen molar-refractivity contribution in [2.75, 3.05) is 26.4 Å². The van der Waals surface area contributed by atoms with Crippen LogP contribution in [0.25, 0.3) is 0 Å². The van der Waals surface area contributed by atoms with Gasteiger partial charge in [-0.3, -0.25) is 4.79 Å². The molecule has 0 radical (unpaired) electrons. The number of urea groups is 1. The summed E-state index contributed by atoms with van der Waals surface area (Å²) in [7, 11) is 0. The van der Waals surface area contributed by atoms with Crippen molar-refractivity contribution in [2.45, 2.75) is 65.1 Å². The first kappa shape index (κ1) is 30.2. The number of aliphatic carboxylic acids is 1. The van der Waals surface area contributed by atoms with Gasteiger partial charge in [-0.15, -0.1) is 0 Å². The lowest BCUT2D eigenvalue weighted by Gasteiger charge is -2.32. The van der Waals surface area contributed by atoms with Crippen molar-refractivity contribution in [1.29, 1.82) is 0 Å². The van der Waals surface area contributed by atoms with E-state index in [0.29, 0.717) is 30.8 Å². The van der Waals surface area contributed by atoms with Crippen molar-refractivity contribution in [3.63, 3.8) is 0 Å². The number of nitrogens with one attached hydrogen (secondary N) is 1. The number of rotatable bonds is 14. The fourth-order valence-corrected chi connectivity index (χ4v) is 4.76. The van der Waals surface area contributed by atoms with Crippen LogP contribution in [-0.4, -0.2) is 59.7 Å². The highest BCUT2D eigenvalue weighted by molar-refractivity contribution is 6.33. The van der Waals surface area contributed by atoms with Gasteiger partial charge in [0, 0.05) is 12.1 Å². The number of hydrogen-bond donors (Lipinski definition) is 2. The molecule has 9 nitrogen and oxygen atoms in total. The highest BCUT2D eigenvalue weighted by atomic mass is 35.5. The lowest BCUT2D eigenvalue weighted by Crippen LogP contribution is -2.51. The molecule has 1 fully saturated rings. The number of Topliss-reactive ketones (excluding diaryl/α,β-unsaturated/α-hetero) is 1. The van der Waals surface area contributed by atoms with E-state index in [1.165, 1.54) is 11.8 Å². The molecule has 2 amide bonds. The van der Waals surface area contributed by atoms with Crippen LogP contribution in [0.2, 0.25) is 5.02 Å². The van der Waals surface area contributed by atoms with E-state index in [4.69, 9.17) is 25.8 Å². The standard InChI is InChI=1S/C29H37ClN2O7/c1-6-37-23-17-22(25(30)26(38-7-2)24(23)19(4)33)18(3)32(28(36)31-29(13-14-29)27(34)35)15-16-39-20(5)21-11-9-8-10-12-21/h8-12,17-18,20H,6-7,13-16H2,1-5H3,(H,31,36)(H,34,35)/t18-,20+/m1/s1. The van der Waals surface area contributed by atoms with Gasteiger partial charge < -0.3 is 29.5 Å². The van der Waals surface area contributed by atoms with Crippen molar-refractivity contribution >= 4 is 29.4 Å². The zero-order valence-electron chi connectivity index (χ0n) is 23.1. The smallest absolute Gasteiger partial charge is 0.329 e. The summed E-state index contributed by atoms with van der Waals surface area (Å²) in [5.41, 5.74) is 0.455. The monoisotopic (exact) mass is 560 g/mol. The number of ketones is 1. The van der Waals surface area contributed by atoms with E-state index in [-0.39, 0.29) is 48.0 Å². The molecule has 0 heterocycles. The van der Waals surface area contributed by atoms with Gasteiger partial charge in [-0.25, -0.2) is 9.59 Å². The highest BCUT2D eigenvalue weighted by Gasteiger charge is 2.52. The number of nitrogens with zero attached hydrogens (tertiary/aromatic N) is 1. The quantitative estimate of drug-likeness (QED) is 0.280. The van der Waals surface area contributed by atoms with Crippen LogP contribution in [0.5, 0.6) is 11.5 Å². The van der Waals surface area contributed by atoms with E-state index in [1.807, 2.05) is 37.3 Å². The van der Waals surface area contributed by atoms with Gasteiger partial charge in [0.15, 0.2) is 11.5 Å². The predicted molar refractivity (Wildman–Crippen MR) is 148 cm³/mol. The third-order valence-corrected chi connectivity index (χ3v) is 7.20. The third-order valence-electron chi connectivity index (χ3n) is 6.81. The molecular weight excluding hydrogens is 524 g/mol. The number of carboxylic acid groups (broad SMARTS) is 1. The summed E-state index contributed by atoms with van der Waals surface area (Å²) < 4.78 is 17.6. The van der Waals surface area contributed by atoms with Gasteiger partial charge in [-0.1, -0.05) is 41.9 Å². The fraction of sp³-hybridized carbons (Fsp3) is 0.483. The first-order valence-electron chi connectivity index (χ1n) is 13.2. The summed E-state index contributed by atoms with van der Waals surface area (Å²) in [6.45, 7) is 9.60. The summed E-state index contributed by atoms with van der Waals surface area (Å²) in [5.74, 6) is -0.840. The van der Waals surface area contributed by atoms with Crippen LogP contribution in [0.15, 0.2) is 36.4 Å². The number of hydrogen-bond acceptors (Lipinski definition) is 6. The van der Waals surface area contributed by atoms with Crippen LogP contribution in [0, 0.1) is 0 Å². The number of amides is 2. The molecule has 2 aromatic carbocycles. The normalized spacial score (nSPS) is 15.1. The number of benzene rings is 2. The average Bonchev–Trinajstić information content (AvgIpc) is 3.69. The average molecular weight is 561 g/mol. The van der Waals surface area contributed by atoms with Crippen LogP contribution < -0.4 is 14.8 Å². The zero-order chi connectivity index (χ0) is 28.7. The Kier molecular flexibility index (Phi) is 10.2. The Hall–Kier alpha value is -3.30. The molecule has 0 aromatic heterocycles. The number of halogens is 1. The molecule has 1 aliphatic rings. The Morgan fingerprint density at radius 1 is 1.10 bits per heavy atom. The van der Waals surface area contributed by atoms with Gasteiger partial charge in [0.25, 0.3) is 0 Å². The van der Waals surface area contributed by atoms with E-state index in [9.17, 15) is 19.5 Å². The number of carbonyl (C=O) groups excluding carboxylic acids is 2. The van der Waals surface area contributed by atoms with E-state index in [1.54, 1.807) is 26.8 Å². The van der Waals surface area contributed by atoms with Crippen molar-refractivity contribution in [2.24, 2.45) is 0 Å². The van der Waals surface area contributed by atoms with E-state index < -0.39 is 23.6 Å². The predicted octanol–water partition coefficient (Wildman–Crippen LogP) is 5.81. The molecule has 1 saturated carbocycles. The first-order valence-corrected chi connectivity index (χ1v) is 13.6. The van der Waals surface area contributed by atoms with E-state index >= 15 is 0 Å². The molecule has 2 atom stereocenters. The second kappa shape index (κ2) is 13.2. The summed E-state index contributed by atoms with van der Waals surface area (Å²) in [4.78, 5) is 39.3. The fourth-order valence-electron chi connectivity index (χ4n) is 4.40. The molecule has 0 aliphatic heterocycles. The van der Waals surface area contributed by atoms with Crippen molar-refractivity contribution in [1.82, 2.24) is 10.2 Å². The van der Waals surface area contributed by atoms with Gasteiger partial charge in [0.1, 0.15) is 16.9 Å². The molecule has 0 spiro atoms. The van der Waals surface area contributed by atoms with Crippen LogP contribution in [0.4, 0.5) is 4.79 Å². The molecular formula is C29H37ClN2O7. The minimum absolute atomic E-state index is 0.151. The minimum atomic E-state index is -1.28. The topological polar surface area (TPSA) is 114 Å². The number of carboxylic acids is 1. The van der Waals surface area contributed by atoms with Gasteiger partial charge in [-0.2, -0.15) is 0 Å². The third kappa shape index (κ3) is 7.02. The number of carbonyl (C=O) groups is 3. The van der Waals surface area contributed by atoms with Crippen molar-refractivity contribution in [3.05, 3.63) is 58.1 Å². The molecule has 0 bridgehead atoms. The number of ether oxygens (including phenoxy) is 3. The first-order chi connectivity index (χ1) is 18.6. The SMILES string of the molecule is CCOc1cc([C@@H](C)N(CCO[C@@H](C)c2ccccc2)C(=O)NC2(C(=O)O)CC2)c(Cl)c(OCC)c1C(C)=O. The Morgan fingerprint density at radius 3 is 2.28 bits per heavy atom. The second-order valence-electron chi connectivity index (χ2n) is 9.51. The molecule has 2 aromatic rings. The highest BCUT2D eigenvalue weighted by Crippen LogP contribution is 2.43. The molecule has 10 heteroatoms. The Labute approximate surface area is 234 Å². The zero-order valence-corrected chi connectivity index (χ0v) is 23.8. The largest absolute Gasteiger partial charge is 0.493 e. The molecule has 212 valence electrons. The lowest BCUT2D eigenvalue weighted by atomic mass is 10.00. The molecule has 0 saturated heterocycles. The van der Waals surface area contributed by atoms with E-state index in [0.717, 1.165) is 5.56 Å². The maximum Gasteiger partial charge on any atom is 0.329 e. The molecule has 1 aliphatic carbocycles. The van der Waals surface area contributed by atoms with Crippen molar-refractivity contribution < 1.29 is 33.7 Å². The van der Waals surface area contributed by atoms with Crippen LogP contribution >= 0.6 is 11.6 Å². The van der Waals surface area contributed by atoms with Crippen LogP contribution in [-0.2, 0) is 9.53 Å². The maximum absolute atomic E-state index is 13.5. The van der Waals surface area contributed by atoms with Gasteiger partial charge in [0.2, 0.25) is 0 Å². The van der Waals surface area contributed by atoms with Crippen molar-refractivity contribution in [3.8, 4) is 11.5 Å². The lowest BCUT2D eigenvalue weighted by molar-refractivity contribution is -0.140. The summed E-state index contributed by atoms with van der Waals surface area (Å²) in [6.07, 6.45) is 0.497. The molecule has 0 unspecified atom stereocenters. The van der Waals surface area contributed by atoms with Crippen LogP contribution in [0.3, 0.4) is 0 Å². The van der Waals surface area contributed by atoms with Crippen LogP contribution in [0.1, 0.15) is 81.1 Å².